The molecule has 0 aliphatic carbocycles. The van der Waals surface area contributed by atoms with Gasteiger partial charge in [0.1, 0.15) is 6.07 Å². The highest BCUT2D eigenvalue weighted by molar-refractivity contribution is 6.01. The zero-order valence-corrected chi connectivity index (χ0v) is 13.6. The van der Waals surface area contributed by atoms with Crippen molar-refractivity contribution < 1.29 is 4.79 Å². The molecule has 124 valence electrons. The van der Waals surface area contributed by atoms with Crippen LogP contribution < -0.4 is 0 Å². The zero-order chi connectivity index (χ0) is 17.2. The Bertz CT molecular complexity index is 963. The third-order valence-electron chi connectivity index (χ3n) is 4.46. The maximum absolute atomic E-state index is 12.8. The smallest absolute Gasteiger partial charge is 0.257 e. The summed E-state index contributed by atoms with van der Waals surface area (Å²) < 4.78 is 1.72. The van der Waals surface area contributed by atoms with E-state index in [2.05, 4.69) is 15.1 Å². The second-order valence-electron chi connectivity index (χ2n) is 6.03. The van der Waals surface area contributed by atoms with Crippen molar-refractivity contribution in [1.29, 1.82) is 5.26 Å². The van der Waals surface area contributed by atoms with Crippen molar-refractivity contribution in [2.45, 2.75) is 19.3 Å². The third-order valence-corrected chi connectivity index (χ3v) is 4.46. The van der Waals surface area contributed by atoms with Gasteiger partial charge in [-0.1, -0.05) is 6.07 Å². The molecule has 25 heavy (non-hydrogen) atoms. The number of hydrogen-bond donors (Lipinski definition) is 0. The van der Waals surface area contributed by atoms with Gasteiger partial charge >= 0.3 is 0 Å². The number of nitrogens with zero attached hydrogens (tertiary/aromatic N) is 6. The monoisotopic (exact) mass is 332 g/mol. The van der Waals surface area contributed by atoms with Crippen LogP contribution in [-0.2, 0) is 0 Å². The fraction of sp³-hybridized carbons (Fsp3) is 0.278. The number of nitriles is 1. The minimum absolute atomic E-state index is 0.0305. The lowest BCUT2D eigenvalue weighted by atomic mass is 10.1. The van der Waals surface area contributed by atoms with Crippen molar-refractivity contribution in [2.75, 3.05) is 13.1 Å². The van der Waals surface area contributed by atoms with E-state index in [-0.39, 0.29) is 11.7 Å². The quantitative estimate of drug-likeness (QED) is 0.718. The summed E-state index contributed by atoms with van der Waals surface area (Å²) in [6, 6.07) is 7.57. The molecular weight excluding hydrogens is 316 g/mol. The van der Waals surface area contributed by atoms with E-state index < -0.39 is 0 Å². The van der Waals surface area contributed by atoms with Gasteiger partial charge in [-0.15, -0.1) is 0 Å². The molecule has 3 aromatic heterocycles. The van der Waals surface area contributed by atoms with Crippen LogP contribution in [-0.4, -0.2) is 43.5 Å². The first-order chi connectivity index (χ1) is 12.3. The summed E-state index contributed by atoms with van der Waals surface area (Å²) in [5.41, 5.74) is 2.89. The summed E-state index contributed by atoms with van der Waals surface area (Å²) >= 11 is 0. The van der Waals surface area contributed by atoms with Crippen molar-refractivity contribution in [3.05, 3.63) is 48.2 Å². The van der Waals surface area contributed by atoms with Crippen LogP contribution >= 0.6 is 0 Å². The molecule has 1 aliphatic heterocycles. The fourth-order valence-electron chi connectivity index (χ4n) is 3.18. The van der Waals surface area contributed by atoms with Crippen LogP contribution in [0.4, 0.5) is 0 Å². The average Bonchev–Trinajstić information content (AvgIpc) is 3.12. The maximum atomic E-state index is 12.8. The normalized spacial score (nSPS) is 14.4. The fourth-order valence-corrected chi connectivity index (χ4v) is 3.18. The number of rotatable bonds is 2. The van der Waals surface area contributed by atoms with Gasteiger partial charge in [0, 0.05) is 31.0 Å². The summed E-state index contributed by atoms with van der Waals surface area (Å²) in [5.74, 6) is 0.153. The molecule has 7 nitrogen and oxygen atoms in total. The van der Waals surface area contributed by atoms with Gasteiger partial charge in [-0.2, -0.15) is 10.4 Å². The minimum Gasteiger partial charge on any atom is -0.339 e. The Morgan fingerprint density at radius 3 is 2.56 bits per heavy atom. The Hall–Kier alpha value is -3.27. The number of fused-ring (bicyclic) bond motifs is 1. The number of pyridine rings is 1. The number of piperidine rings is 1. The summed E-state index contributed by atoms with van der Waals surface area (Å²) in [5, 5.41) is 13.2. The zero-order valence-electron chi connectivity index (χ0n) is 13.6. The minimum atomic E-state index is 0.0305. The summed E-state index contributed by atoms with van der Waals surface area (Å²) in [6.45, 7) is 1.61. The molecule has 1 aliphatic rings. The lowest BCUT2D eigenvalue weighted by molar-refractivity contribution is 0.0726. The SMILES string of the molecule is N#Cc1ncc(-c2cccc3c(C(=O)N4CCCCC4)cnn23)cn1. The van der Waals surface area contributed by atoms with Gasteiger partial charge in [0.25, 0.3) is 5.91 Å². The molecular formula is C18H16N6O. The van der Waals surface area contributed by atoms with E-state index in [0.29, 0.717) is 5.56 Å². The molecule has 7 heteroatoms. The van der Waals surface area contributed by atoms with E-state index in [1.165, 1.54) is 6.42 Å². The molecule has 0 spiro atoms. The lowest BCUT2D eigenvalue weighted by Gasteiger charge is -2.26. The Morgan fingerprint density at radius 2 is 1.84 bits per heavy atom. The summed E-state index contributed by atoms with van der Waals surface area (Å²) in [7, 11) is 0. The van der Waals surface area contributed by atoms with E-state index in [1.807, 2.05) is 29.2 Å². The molecule has 1 fully saturated rings. The topological polar surface area (TPSA) is 87.2 Å². The average molecular weight is 332 g/mol. The third kappa shape index (κ3) is 2.72. The Labute approximate surface area is 144 Å². The molecule has 1 saturated heterocycles. The van der Waals surface area contributed by atoms with Gasteiger partial charge in [-0.25, -0.2) is 14.5 Å². The molecule has 0 radical (unpaired) electrons. The van der Waals surface area contributed by atoms with Crippen LogP contribution in [0.15, 0.2) is 36.8 Å². The molecule has 1 amide bonds. The lowest BCUT2D eigenvalue weighted by Crippen LogP contribution is -2.35. The van der Waals surface area contributed by atoms with Crippen molar-refractivity contribution in [3.8, 4) is 17.3 Å². The van der Waals surface area contributed by atoms with E-state index in [0.717, 1.165) is 42.7 Å². The Morgan fingerprint density at radius 1 is 1.08 bits per heavy atom. The molecule has 0 saturated carbocycles. The number of likely N-dealkylation sites (tertiary alicyclic amines) is 1. The highest BCUT2D eigenvalue weighted by Gasteiger charge is 2.22. The summed E-state index contributed by atoms with van der Waals surface area (Å²) in [4.78, 5) is 22.7. The molecule has 0 N–H and O–H groups in total. The molecule has 0 unspecified atom stereocenters. The first kappa shape index (κ1) is 15.3. The highest BCUT2D eigenvalue weighted by atomic mass is 16.2. The number of carbonyl (C=O) groups excluding carboxylic acids is 1. The van der Waals surface area contributed by atoms with Crippen molar-refractivity contribution in [1.82, 2.24) is 24.5 Å². The number of aromatic nitrogens is 4. The van der Waals surface area contributed by atoms with Crippen molar-refractivity contribution >= 4 is 11.4 Å². The van der Waals surface area contributed by atoms with Crippen LogP contribution in [0.1, 0.15) is 35.4 Å². The van der Waals surface area contributed by atoms with E-state index >= 15 is 0 Å². The van der Waals surface area contributed by atoms with Gasteiger partial charge in [-0.05, 0) is 31.4 Å². The van der Waals surface area contributed by atoms with Gasteiger partial charge in [-0.3, -0.25) is 4.79 Å². The predicted molar refractivity (Wildman–Crippen MR) is 90.7 cm³/mol. The van der Waals surface area contributed by atoms with E-state index in [9.17, 15) is 4.79 Å². The second-order valence-corrected chi connectivity index (χ2v) is 6.03. The van der Waals surface area contributed by atoms with Crippen LogP contribution in [0.2, 0.25) is 0 Å². The van der Waals surface area contributed by atoms with Crippen molar-refractivity contribution in [2.24, 2.45) is 0 Å². The predicted octanol–water partition coefficient (Wildman–Crippen LogP) is 2.29. The van der Waals surface area contributed by atoms with Crippen LogP contribution in [0.3, 0.4) is 0 Å². The molecule has 0 atom stereocenters. The van der Waals surface area contributed by atoms with Gasteiger partial charge < -0.3 is 4.90 Å². The van der Waals surface area contributed by atoms with Gasteiger partial charge in [0.15, 0.2) is 0 Å². The number of hydrogen-bond acceptors (Lipinski definition) is 5. The summed E-state index contributed by atoms with van der Waals surface area (Å²) in [6.07, 6.45) is 8.10. The first-order valence-electron chi connectivity index (χ1n) is 8.26. The van der Waals surface area contributed by atoms with Gasteiger partial charge in [0.05, 0.1) is 23.0 Å². The molecule has 0 bridgehead atoms. The first-order valence-corrected chi connectivity index (χ1v) is 8.26. The number of amides is 1. The van der Waals surface area contributed by atoms with Crippen molar-refractivity contribution in [3.63, 3.8) is 0 Å². The van der Waals surface area contributed by atoms with Crippen LogP contribution in [0.5, 0.6) is 0 Å². The molecule has 4 rings (SSSR count). The van der Waals surface area contributed by atoms with Crippen LogP contribution in [0.25, 0.3) is 16.8 Å². The Balaban J connectivity index is 1.75. The molecule has 4 heterocycles. The highest BCUT2D eigenvalue weighted by Crippen LogP contribution is 2.23. The van der Waals surface area contributed by atoms with E-state index in [1.54, 1.807) is 23.1 Å². The molecule has 0 aromatic carbocycles. The molecule has 3 aromatic rings. The number of carbonyl (C=O) groups is 1. The Kier molecular flexibility index (Phi) is 3.86. The van der Waals surface area contributed by atoms with Gasteiger partial charge in [0.2, 0.25) is 5.82 Å². The maximum Gasteiger partial charge on any atom is 0.257 e. The van der Waals surface area contributed by atoms with Crippen LogP contribution in [0, 0.1) is 11.3 Å². The largest absolute Gasteiger partial charge is 0.339 e. The second kappa shape index (κ2) is 6.32. The van der Waals surface area contributed by atoms with E-state index in [4.69, 9.17) is 5.26 Å². The standard InChI is InChI=1S/C18H16N6O/c19-9-17-20-10-13(11-21-17)15-5-4-6-16-14(12-22-24(15)16)18(25)23-7-2-1-3-8-23/h4-6,10-12H,1-3,7-8H2.